The molecule has 0 unspecified atom stereocenters. The Labute approximate surface area is 188 Å². The number of rotatable bonds is 11. The normalized spacial score (nSPS) is 10.9. The molecular formula is C23H31N5O4. The Bertz CT molecular complexity index is 1040. The zero-order valence-corrected chi connectivity index (χ0v) is 19.4. The van der Waals surface area contributed by atoms with Crippen molar-refractivity contribution in [3.05, 3.63) is 35.8 Å². The maximum absolute atomic E-state index is 13.8. The molecule has 0 aliphatic heterocycles. The average molecular weight is 442 g/mol. The summed E-state index contributed by atoms with van der Waals surface area (Å²) in [7, 11) is 4.59. The van der Waals surface area contributed by atoms with Crippen LogP contribution in [0.4, 0.5) is 5.82 Å². The van der Waals surface area contributed by atoms with Gasteiger partial charge in [0.25, 0.3) is 11.7 Å². The Morgan fingerprint density at radius 1 is 1.00 bits per heavy atom. The molecule has 9 heteroatoms. The molecule has 172 valence electrons. The third-order valence-electron chi connectivity index (χ3n) is 5.24. The molecule has 0 saturated heterocycles. The van der Waals surface area contributed by atoms with Crippen molar-refractivity contribution in [2.45, 2.75) is 46.0 Å². The van der Waals surface area contributed by atoms with Crippen LogP contribution >= 0.6 is 0 Å². The first kappa shape index (κ1) is 23.3. The lowest BCUT2D eigenvalue weighted by molar-refractivity contribution is 0.0984. The van der Waals surface area contributed by atoms with E-state index in [0.29, 0.717) is 41.0 Å². The summed E-state index contributed by atoms with van der Waals surface area (Å²) < 4.78 is 17.9. The first-order valence-corrected chi connectivity index (χ1v) is 10.9. The molecule has 0 radical (unpaired) electrons. The van der Waals surface area contributed by atoms with Crippen molar-refractivity contribution in [3.8, 4) is 17.2 Å². The first-order chi connectivity index (χ1) is 15.6. The molecule has 2 aromatic heterocycles. The maximum atomic E-state index is 13.8. The van der Waals surface area contributed by atoms with Crippen molar-refractivity contribution in [2.75, 3.05) is 32.8 Å². The summed E-state index contributed by atoms with van der Waals surface area (Å²) in [5.74, 6) is 2.22. The highest BCUT2D eigenvalue weighted by atomic mass is 16.5. The molecule has 9 nitrogen and oxygen atoms in total. The fourth-order valence-electron chi connectivity index (χ4n) is 3.52. The minimum absolute atomic E-state index is 0.192. The minimum Gasteiger partial charge on any atom is -0.493 e. The molecule has 0 saturated carbocycles. The zero-order chi connectivity index (χ0) is 23.1. The van der Waals surface area contributed by atoms with Gasteiger partial charge in [0.15, 0.2) is 11.5 Å². The number of carbonyl (C=O) groups is 1. The van der Waals surface area contributed by atoms with E-state index in [1.807, 2.05) is 6.07 Å². The van der Waals surface area contributed by atoms with Gasteiger partial charge in [-0.05, 0) is 31.4 Å². The smallest absolute Gasteiger partial charge is 0.259 e. The van der Waals surface area contributed by atoms with Gasteiger partial charge in [0.1, 0.15) is 12.1 Å². The molecule has 0 aliphatic rings. The van der Waals surface area contributed by atoms with Crippen LogP contribution in [0.15, 0.2) is 24.5 Å². The topological polar surface area (TPSA) is 91.1 Å². The van der Waals surface area contributed by atoms with Crippen molar-refractivity contribution >= 4 is 17.5 Å². The van der Waals surface area contributed by atoms with E-state index in [4.69, 9.17) is 14.2 Å². The van der Waals surface area contributed by atoms with Gasteiger partial charge in [-0.25, -0.2) is 4.98 Å². The number of fused-ring (bicyclic) bond motifs is 1. The molecule has 0 aliphatic carbocycles. The zero-order valence-electron chi connectivity index (χ0n) is 19.4. The van der Waals surface area contributed by atoms with Gasteiger partial charge in [0.05, 0.1) is 21.3 Å². The molecule has 0 spiro atoms. The van der Waals surface area contributed by atoms with Crippen LogP contribution in [-0.2, 0) is 6.42 Å². The number of anilines is 1. The molecular weight excluding hydrogens is 410 g/mol. The summed E-state index contributed by atoms with van der Waals surface area (Å²) in [6, 6.07) is 5.27. The highest BCUT2D eigenvalue weighted by molar-refractivity contribution is 6.06. The summed E-state index contributed by atoms with van der Waals surface area (Å²) in [6.45, 7) is 4.75. The number of unbranched alkanes of at least 4 members (excludes halogenated alkanes) is 2. The first-order valence-electron chi connectivity index (χ1n) is 10.9. The SMILES string of the molecule is CCCCc1cc(N(CCCC)C(=O)c2cc(OC)c(OC)c(OC)c2)n2ncnc2n1. The van der Waals surface area contributed by atoms with Gasteiger partial charge in [-0.3, -0.25) is 9.69 Å². The number of nitrogens with zero attached hydrogens (tertiary/aromatic N) is 5. The fourth-order valence-corrected chi connectivity index (χ4v) is 3.52. The summed E-state index contributed by atoms with van der Waals surface area (Å²) in [5, 5.41) is 4.32. The lowest BCUT2D eigenvalue weighted by Crippen LogP contribution is -2.34. The van der Waals surface area contributed by atoms with Gasteiger partial charge in [0.2, 0.25) is 5.75 Å². The second-order valence-corrected chi connectivity index (χ2v) is 7.41. The lowest BCUT2D eigenvalue weighted by atomic mass is 10.1. The second kappa shape index (κ2) is 10.8. The third-order valence-corrected chi connectivity index (χ3v) is 5.24. The van der Waals surface area contributed by atoms with Crippen LogP contribution in [0.3, 0.4) is 0 Å². The van der Waals surface area contributed by atoms with E-state index in [1.165, 1.54) is 27.7 Å². The molecule has 1 amide bonds. The number of methoxy groups -OCH3 is 3. The number of aryl methyl sites for hydroxylation is 1. The molecule has 3 aromatic rings. The lowest BCUT2D eigenvalue weighted by Gasteiger charge is -2.24. The van der Waals surface area contributed by atoms with E-state index in [0.717, 1.165) is 37.8 Å². The van der Waals surface area contributed by atoms with Crippen LogP contribution in [-0.4, -0.2) is 53.4 Å². The Hall–Kier alpha value is -3.36. The Balaban J connectivity index is 2.11. The maximum Gasteiger partial charge on any atom is 0.259 e. The number of amides is 1. The van der Waals surface area contributed by atoms with Gasteiger partial charge in [0, 0.05) is 23.9 Å². The van der Waals surface area contributed by atoms with Crippen LogP contribution in [0.2, 0.25) is 0 Å². The van der Waals surface area contributed by atoms with E-state index in [2.05, 4.69) is 28.9 Å². The Morgan fingerprint density at radius 2 is 1.69 bits per heavy atom. The number of aromatic nitrogens is 4. The van der Waals surface area contributed by atoms with Crippen LogP contribution in [0.5, 0.6) is 17.2 Å². The second-order valence-electron chi connectivity index (χ2n) is 7.41. The number of carbonyl (C=O) groups excluding carboxylic acids is 1. The average Bonchev–Trinajstić information content (AvgIpc) is 3.30. The number of hydrogen-bond donors (Lipinski definition) is 0. The van der Waals surface area contributed by atoms with Crippen molar-refractivity contribution in [1.82, 2.24) is 19.6 Å². The standard InChI is InChI=1S/C23H31N5O4/c1-6-8-10-17-14-20(28-23(26-17)24-15-25-28)27(11-9-7-2)22(29)16-12-18(30-3)21(32-5)19(13-16)31-4/h12-15H,6-11H2,1-5H3. The fraction of sp³-hybridized carbons (Fsp3) is 0.478. The molecule has 0 N–H and O–H groups in total. The van der Waals surface area contributed by atoms with E-state index in [1.54, 1.807) is 21.5 Å². The van der Waals surface area contributed by atoms with Crippen molar-refractivity contribution < 1.29 is 19.0 Å². The van der Waals surface area contributed by atoms with Crippen LogP contribution in [0.1, 0.15) is 55.6 Å². The van der Waals surface area contributed by atoms with Crippen LogP contribution < -0.4 is 19.1 Å². The summed E-state index contributed by atoms with van der Waals surface area (Å²) in [4.78, 5) is 24.4. The molecule has 0 fully saturated rings. The Morgan fingerprint density at radius 3 is 2.28 bits per heavy atom. The van der Waals surface area contributed by atoms with Crippen LogP contribution in [0.25, 0.3) is 5.78 Å². The summed E-state index contributed by atoms with van der Waals surface area (Å²) in [6.07, 6.45) is 6.10. The molecule has 1 aromatic carbocycles. The third kappa shape index (κ3) is 4.76. The number of benzene rings is 1. The highest BCUT2D eigenvalue weighted by Gasteiger charge is 2.25. The molecule has 2 heterocycles. The minimum atomic E-state index is -0.192. The molecule has 0 atom stereocenters. The monoisotopic (exact) mass is 441 g/mol. The van der Waals surface area contributed by atoms with Crippen molar-refractivity contribution in [2.24, 2.45) is 0 Å². The molecule has 3 rings (SSSR count). The van der Waals surface area contributed by atoms with Gasteiger partial charge in [-0.1, -0.05) is 26.7 Å². The van der Waals surface area contributed by atoms with Crippen molar-refractivity contribution in [1.29, 1.82) is 0 Å². The Kier molecular flexibility index (Phi) is 7.86. The molecule has 32 heavy (non-hydrogen) atoms. The van der Waals surface area contributed by atoms with Gasteiger partial charge in [-0.15, -0.1) is 0 Å². The van der Waals surface area contributed by atoms with E-state index < -0.39 is 0 Å². The predicted octanol–water partition coefficient (Wildman–Crippen LogP) is 3.94. The summed E-state index contributed by atoms with van der Waals surface area (Å²) >= 11 is 0. The van der Waals surface area contributed by atoms with Gasteiger partial charge in [-0.2, -0.15) is 14.6 Å². The number of ether oxygens (including phenoxy) is 3. The predicted molar refractivity (Wildman–Crippen MR) is 122 cm³/mol. The largest absolute Gasteiger partial charge is 0.493 e. The van der Waals surface area contributed by atoms with Gasteiger partial charge < -0.3 is 14.2 Å². The quantitative estimate of drug-likeness (QED) is 0.445. The number of hydrogen-bond acceptors (Lipinski definition) is 7. The summed E-state index contributed by atoms with van der Waals surface area (Å²) in [5.41, 5.74) is 1.32. The van der Waals surface area contributed by atoms with Gasteiger partial charge >= 0.3 is 0 Å². The highest BCUT2D eigenvalue weighted by Crippen LogP contribution is 2.38. The van der Waals surface area contributed by atoms with Crippen molar-refractivity contribution in [3.63, 3.8) is 0 Å². The van der Waals surface area contributed by atoms with E-state index >= 15 is 0 Å². The molecule has 0 bridgehead atoms. The van der Waals surface area contributed by atoms with E-state index in [-0.39, 0.29) is 5.91 Å². The van der Waals surface area contributed by atoms with E-state index in [9.17, 15) is 4.79 Å². The van der Waals surface area contributed by atoms with Crippen LogP contribution in [0, 0.1) is 0 Å².